The maximum Gasteiger partial charge on any atom is 0.228 e. The fraction of sp³-hybridized carbons (Fsp3) is 0.818. The van der Waals surface area contributed by atoms with Crippen molar-refractivity contribution in [3.05, 3.63) is 0 Å². The average molecular weight is 262 g/mol. The molecule has 5 nitrogen and oxygen atoms in total. The van der Waals surface area contributed by atoms with Gasteiger partial charge < -0.3 is 15.4 Å². The van der Waals surface area contributed by atoms with Crippen LogP contribution in [0.5, 0.6) is 0 Å². The molecule has 0 heterocycles. The van der Waals surface area contributed by atoms with Crippen LogP contribution in [-0.4, -0.2) is 44.4 Å². The van der Waals surface area contributed by atoms with Crippen LogP contribution < -0.4 is 10.6 Å². The number of hydrogen-bond acceptors (Lipinski definition) is 4. The molecule has 0 unspecified atom stereocenters. The number of rotatable bonds is 8. The zero-order valence-electron chi connectivity index (χ0n) is 10.7. The van der Waals surface area contributed by atoms with Crippen LogP contribution in [0.25, 0.3) is 0 Å². The lowest BCUT2D eigenvalue weighted by Gasteiger charge is -2.22. The molecular formula is C11H22N2O3S. The molecule has 0 aliphatic carbocycles. The Hall–Kier alpha value is -0.750. The van der Waals surface area contributed by atoms with Crippen LogP contribution in [-0.2, 0) is 14.3 Å². The summed E-state index contributed by atoms with van der Waals surface area (Å²) in [5.74, 6) is 0.420. The molecule has 0 radical (unpaired) electrons. The summed E-state index contributed by atoms with van der Waals surface area (Å²) < 4.78 is 4.96. The second-order valence-electron chi connectivity index (χ2n) is 4.40. The maximum atomic E-state index is 11.7. The average Bonchev–Trinajstić information content (AvgIpc) is 2.26. The maximum absolute atomic E-state index is 11.7. The number of methoxy groups -OCH3 is 1. The summed E-state index contributed by atoms with van der Waals surface area (Å²) in [7, 11) is 1.56. The fourth-order valence-electron chi connectivity index (χ4n) is 1.24. The topological polar surface area (TPSA) is 67.4 Å². The highest BCUT2D eigenvalue weighted by atomic mass is 32.1. The third-order valence-electron chi connectivity index (χ3n) is 2.19. The van der Waals surface area contributed by atoms with Crippen LogP contribution >= 0.6 is 12.6 Å². The highest BCUT2D eigenvalue weighted by molar-refractivity contribution is 7.80. The standard InChI is InChI=1S/C11H22N2O3S/c1-11(2,8-16-3)10(15)13-5-4-9(14)12-6-7-17/h17H,4-8H2,1-3H3,(H,12,14)(H,13,15). The van der Waals surface area contributed by atoms with Gasteiger partial charge in [0.1, 0.15) is 0 Å². The lowest BCUT2D eigenvalue weighted by molar-refractivity contribution is -0.132. The SMILES string of the molecule is COCC(C)(C)C(=O)NCCC(=O)NCCS. The molecule has 0 aliphatic rings. The lowest BCUT2D eigenvalue weighted by atomic mass is 9.93. The van der Waals surface area contributed by atoms with Crippen molar-refractivity contribution in [1.82, 2.24) is 10.6 Å². The monoisotopic (exact) mass is 262 g/mol. The van der Waals surface area contributed by atoms with Crippen molar-refractivity contribution in [3.63, 3.8) is 0 Å². The molecule has 0 saturated carbocycles. The Morgan fingerprint density at radius 2 is 1.88 bits per heavy atom. The van der Waals surface area contributed by atoms with Crippen LogP contribution in [0.4, 0.5) is 0 Å². The fourth-order valence-corrected chi connectivity index (χ4v) is 1.35. The Morgan fingerprint density at radius 1 is 1.24 bits per heavy atom. The summed E-state index contributed by atoms with van der Waals surface area (Å²) in [6.07, 6.45) is 0.280. The van der Waals surface area contributed by atoms with E-state index in [1.165, 1.54) is 0 Å². The first-order valence-electron chi connectivity index (χ1n) is 5.59. The highest BCUT2D eigenvalue weighted by Gasteiger charge is 2.27. The molecule has 0 saturated heterocycles. The number of ether oxygens (including phenoxy) is 1. The molecule has 0 aromatic carbocycles. The van der Waals surface area contributed by atoms with Gasteiger partial charge in [-0.2, -0.15) is 12.6 Å². The third kappa shape index (κ3) is 7.23. The molecule has 0 rings (SSSR count). The van der Waals surface area contributed by atoms with Gasteiger partial charge in [0, 0.05) is 32.4 Å². The molecule has 6 heteroatoms. The predicted molar refractivity (Wildman–Crippen MR) is 70.1 cm³/mol. The van der Waals surface area contributed by atoms with Gasteiger partial charge in [-0.15, -0.1) is 0 Å². The molecule has 0 spiro atoms. The van der Waals surface area contributed by atoms with Crippen molar-refractivity contribution in [2.75, 3.05) is 32.6 Å². The Balaban J connectivity index is 3.81. The minimum atomic E-state index is -0.573. The van der Waals surface area contributed by atoms with E-state index in [0.717, 1.165) is 0 Å². The first-order valence-corrected chi connectivity index (χ1v) is 6.22. The van der Waals surface area contributed by atoms with E-state index in [1.807, 2.05) is 0 Å². The summed E-state index contributed by atoms with van der Waals surface area (Å²) in [5, 5.41) is 5.39. The van der Waals surface area contributed by atoms with Gasteiger partial charge in [0.2, 0.25) is 11.8 Å². The Morgan fingerprint density at radius 3 is 2.41 bits per heavy atom. The Kier molecular flexibility index (Phi) is 7.99. The molecule has 0 atom stereocenters. The second-order valence-corrected chi connectivity index (χ2v) is 4.84. The normalized spacial score (nSPS) is 11.1. The van der Waals surface area contributed by atoms with Crippen LogP contribution in [0.1, 0.15) is 20.3 Å². The molecule has 2 amide bonds. The molecule has 17 heavy (non-hydrogen) atoms. The van der Waals surface area contributed by atoms with Gasteiger partial charge in [0.05, 0.1) is 12.0 Å². The quantitative estimate of drug-likeness (QED) is 0.548. The zero-order valence-corrected chi connectivity index (χ0v) is 11.6. The third-order valence-corrected chi connectivity index (χ3v) is 2.42. The molecule has 0 aliphatic heterocycles. The second kappa shape index (κ2) is 8.36. The van der Waals surface area contributed by atoms with Crippen molar-refractivity contribution < 1.29 is 14.3 Å². The summed E-state index contributed by atoms with van der Waals surface area (Å²) in [5.41, 5.74) is -0.573. The lowest BCUT2D eigenvalue weighted by Crippen LogP contribution is -2.41. The minimum Gasteiger partial charge on any atom is -0.384 e. The largest absolute Gasteiger partial charge is 0.384 e. The number of amides is 2. The summed E-state index contributed by atoms with van der Waals surface area (Å²) in [6, 6.07) is 0. The van der Waals surface area contributed by atoms with E-state index in [4.69, 9.17) is 4.74 Å². The minimum absolute atomic E-state index is 0.0797. The van der Waals surface area contributed by atoms with E-state index < -0.39 is 5.41 Å². The van der Waals surface area contributed by atoms with Gasteiger partial charge in [-0.1, -0.05) is 0 Å². The molecule has 2 N–H and O–H groups in total. The van der Waals surface area contributed by atoms with Crippen LogP contribution in [0.2, 0.25) is 0 Å². The van der Waals surface area contributed by atoms with Crippen molar-refractivity contribution in [1.29, 1.82) is 0 Å². The molecular weight excluding hydrogens is 240 g/mol. The summed E-state index contributed by atoms with van der Waals surface area (Å²) >= 11 is 3.98. The van der Waals surface area contributed by atoms with E-state index in [1.54, 1.807) is 21.0 Å². The number of carbonyl (C=O) groups excluding carboxylic acids is 2. The first-order chi connectivity index (χ1) is 7.94. The zero-order chi connectivity index (χ0) is 13.3. The van der Waals surface area contributed by atoms with Gasteiger partial charge in [-0.3, -0.25) is 9.59 Å². The Labute approximate surface area is 108 Å². The van der Waals surface area contributed by atoms with Crippen molar-refractivity contribution in [3.8, 4) is 0 Å². The van der Waals surface area contributed by atoms with E-state index >= 15 is 0 Å². The summed E-state index contributed by atoms with van der Waals surface area (Å²) in [4.78, 5) is 23.0. The molecule has 0 aromatic heterocycles. The van der Waals surface area contributed by atoms with Crippen LogP contribution in [0.15, 0.2) is 0 Å². The van der Waals surface area contributed by atoms with Gasteiger partial charge >= 0.3 is 0 Å². The highest BCUT2D eigenvalue weighted by Crippen LogP contribution is 2.14. The van der Waals surface area contributed by atoms with Crippen molar-refractivity contribution in [2.24, 2.45) is 5.41 Å². The Bertz CT molecular complexity index is 257. The number of nitrogens with one attached hydrogen (secondary N) is 2. The molecule has 0 fully saturated rings. The van der Waals surface area contributed by atoms with E-state index in [-0.39, 0.29) is 18.2 Å². The number of hydrogen-bond donors (Lipinski definition) is 3. The van der Waals surface area contributed by atoms with E-state index in [2.05, 4.69) is 23.3 Å². The van der Waals surface area contributed by atoms with E-state index in [0.29, 0.717) is 25.4 Å². The van der Waals surface area contributed by atoms with Gasteiger partial charge in [0.15, 0.2) is 0 Å². The molecule has 0 bridgehead atoms. The molecule has 0 aromatic rings. The van der Waals surface area contributed by atoms with E-state index in [9.17, 15) is 9.59 Å². The van der Waals surface area contributed by atoms with Crippen molar-refractivity contribution in [2.45, 2.75) is 20.3 Å². The summed E-state index contributed by atoms with van der Waals surface area (Å²) in [6.45, 7) is 4.83. The van der Waals surface area contributed by atoms with Crippen molar-refractivity contribution >= 4 is 24.4 Å². The number of carbonyl (C=O) groups is 2. The first kappa shape index (κ1) is 16.2. The smallest absolute Gasteiger partial charge is 0.228 e. The molecule has 100 valence electrons. The van der Waals surface area contributed by atoms with Gasteiger partial charge in [-0.05, 0) is 13.8 Å². The van der Waals surface area contributed by atoms with Gasteiger partial charge in [0.25, 0.3) is 0 Å². The predicted octanol–water partition coefficient (Wildman–Crippen LogP) is 0.211. The van der Waals surface area contributed by atoms with Crippen LogP contribution in [0, 0.1) is 5.41 Å². The van der Waals surface area contributed by atoms with Gasteiger partial charge in [-0.25, -0.2) is 0 Å². The van der Waals surface area contributed by atoms with Crippen LogP contribution in [0.3, 0.4) is 0 Å². The number of thiol groups is 1.